The molecule has 0 aromatic heterocycles. The lowest BCUT2D eigenvalue weighted by atomic mass is 9.61. The number of rotatable bonds is 7. The van der Waals surface area contributed by atoms with Crippen LogP contribution in [0.5, 0.6) is 11.5 Å². The molecule has 0 bridgehead atoms. The number of hydrogen-bond donors (Lipinski definition) is 1. The SMILES string of the molecule is CCCCC1(OC)CC(C)(C)C(O)(OC)c2c(OC)ccc(OC)c21. The van der Waals surface area contributed by atoms with Gasteiger partial charge < -0.3 is 24.1 Å². The van der Waals surface area contributed by atoms with Gasteiger partial charge in [-0.3, -0.25) is 0 Å². The van der Waals surface area contributed by atoms with Crippen LogP contribution >= 0.6 is 0 Å². The Morgan fingerprint density at radius 2 is 1.52 bits per heavy atom. The molecular formula is C20H32O5. The highest BCUT2D eigenvalue weighted by atomic mass is 16.6. The normalized spacial score (nSPS) is 27.7. The highest BCUT2D eigenvalue weighted by Crippen LogP contribution is 2.61. The fourth-order valence-electron chi connectivity index (χ4n) is 4.28. The van der Waals surface area contributed by atoms with Crippen molar-refractivity contribution < 1.29 is 24.1 Å². The van der Waals surface area contributed by atoms with Crippen LogP contribution in [-0.4, -0.2) is 33.5 Å². The van der Waals surface area contributed by atoms with Gasteiger partial charge >= 0.3 is 0 Å². The summed E-state index contributed by atoms with van der Waals surface area (Å²) < 4.78 is 23.0. The number of fused-ring (bicyclic) bond motifs is 1. The number of ether oxygens (including phenoxy) is 4. The summed E-state index contributed by atoms with van der Waals surface area (Å²) in [6, 6.07) is 3.68. The second-order valence-electron chi connectivity index (χ2n) is 7.43. The lowest BCUT2D eigenvalue weighted by Crippen LogP contribution is -2.54. The van der Waals surface area contributed by atoms with Crippen molar-refractivity contribution in [1.82, 2.24) is 0 Å². The van der Waals surface area contributed by atoms with Crippen LogP contribution in [0.2, 0.25) is 0 Å². The molecule has 5 heteroatoms. The summed E-state index contributed by atoms with van der Waals surface area (Å²) in [5.74, 6) is -0.248. The molecule has 1 aliphatic rings. The molecule has 0 aliphatic heterocycles. The van der Waals surface area contributed by atoms with E-state index in [1.807, 2.05) is 26.0 Å². The molecule has 0 saturated heterocycles. The third-order valence-corrected chi connectivity index (χ3v) is 5.63. The first kappa shape index (κ1) is 20.0. The summed E-state index contributed by atoms with van der Waals surface area (Å²) >= 11 is 0. The highest BCUT2D eigenvalue weighted by molar-refractivity contribution is 5.56. The van der Waals surface area contributed by atoms with Crippen molar-refractivity contribution in [2.24, 2.45) is 5.41 Å². The van der Waals surface area contributed by atoms with Crippen molar-refractivity contribution in [3.63, 3.8) is 0 Å². The van der Waals surface area contributed by atoms with Crippen LogP contribution in [0.25, 0.3) is 0 Å². The van der Waals surface area contributed by atoms with Gasteiger partial charge in [0.1, 0.15) is 11.5 Å². The van der Waals surface area contributed by atoms with Crippen molar-refractivity contribution in [2.45, 2.75) is 57.8 Å². The van der Waals surface area contributed by atoms with Crippen molar-refractivity contribution in [3.05, 3.63) is 23.3 Å². The summed E-state index contributed by atoms with van der Waals surface area (Å²) in [5.41, 5.74) is 0.275. The molecular weight excluding hydrogens is 320 g/mol. The molecule has 5 nitrogen and oxygen atoms in total. The minimum atomic E-state index is -1.50. The summed E-state index contributed by atoms with van der Waals surface area (Å²) in [5, 5.41) is 11.5. The number of methoxy groups -OCH3 is 4. The number of aliphatic hydroxyl groups is 1. The maximum atomic E-state index is 11.5. The van der Waals surface area contributed by atoms with Gasteiger partial charge in [-0.05, 0) is 25.0 Å². The molecule has 0 amide bonds. The molecule has 0 radical (unpaired) electrons. The van der Waals surface area contributed by atoms with Gasteiger partial charge in [0.05, 0.1) is 25.4 Å². The van der Waals surface area contributed by atoms with Gasteiger partial charge in [0.15, 0.2) is 0 Å². The van der Waals surface area contributed by atoms with E-state index in [0.29, 0.717) is 23.5 Å². The van der Waals surface area contributed by atoms with Gasteiger partial charge in [0.2, 0.25) is 5.79 Å². The van der Waals surface area contributed by atoms with E-state index < -0.39 is 16.8 Å². The van der Waals surface area contributed by atoms with Crippen LogP contribution in [-0.2, 0) is 20.9 Å². The zero-order valence-corrected chi connectivity index (χ0v) is 16.6. The van der Waals surface area contributed by atoms with Crippen LogP contribution in [0.4, 0.5) is 0 Å². The summed E-state index contributed by atoms with van der Waals surface area (Å²) in [6.45, 7) is 6.16. The Morgan fingerprint density at radius 3 is 1.96 bits per heavy atom. The molecule has 1 aromatic rings. The fourth-order valence-corrected chi connectivity index (χ4v) is 4.28. The molecule has 142 valence electrons. The zero-order chi connectivity index (χ0) is 18.9. The number of hydrogen-bond acceptors (Lipinski definition) is 5. The molecule has 2 atom stereocenters. The standard InChI is InChI=1S/C20H32O5/c1-8-9-12-19(24-6)13-18(2,3)20(21,25-7)17-15(23-5)11-10-14(22-4)16(17)19/h10-11,21H,8-9,12-13H2,1-7H3. The first-order valence-corrected chi connectivity index (χ1v) is 8.85. The summed E-state index contributed by atoms with van der Waals surface area (Å²) in [6.07, 6.45) is 3.51. The van der Waals surface area contributed by atoms with Gasteiger partial charge in [-0.25, -0.2) is 0 Å². The summed E-state index contributed by atoms with van der Waals surface area (Å²) in [4.78, 5) is 0. The second kappa shape index (κ2) is 7.14. The Labute approximate surface area is 151 Å². The van der Waals surface area contributed by atoms with E-state index in [2.05, 4.69) is 6.92 Å². The van der Waals surface area contributed by atoms with E-state index in [1.54, 1.807) is 21.3 Å². The average Bonchev–Trinajstić information content (AvgIpc) is 2.62. The zero-order valence-electron chi connectivity index (χ0n) is 16.6. The Morgan fingerprint density at radius 1 is 0.960 bits per heavy atom. The van der Waals surface area contributed by atoms with E-state index in [4.69, 9.17) is 18.9 Å². The van der Waals surface area contributed by atoms with Gasteiger partial charge in [-0.2, -0.15) is 0 Å². The van der Waals surface area contributed by atoms with E-state index >= 15 is 0 Å². The van der Waals surface area contributed by atoms with E-state index in [1.165, 1.54) is 7.11 Å². The molecule has 0 saturated carbocycles. The minimum absolute atomic E-state index is 0.570. The topological polar surface area (TPSA) is 57.2 Å². The van der Waals surface area contributed by atoms with Gasteiger partial charge in [0, 0.05) is 25.2 Å². The second-order valence-corrected chi connectivity index (χ2v) is 7.43. The molecule has 0 fully saturated rings. The van der Waals surface area contributed by atoms with E-state index in [9.17, 15) is 5.11 Å². The van der Waals surface area contributed by atoms with Crippen LogP contribution in [0.15, 0.2) is 12.1 Å². The van der Waals surface area contributed by atoms with Crippen LogP contribution in [0.3, 0.4) is 0 Å². The maximum Gasteiger partial charge on any atom is 0.201 e. The molecule has 0 heterocycles. The Hall–Kier alpha value is -1.30. The van der Waals surface area contributed by atoms with E-state index in [0.717, 1.165) is 24.8 Å². The summed E-state index contributed by atoms with van der Waals surface area (Å²) in [7, 11) is 6.48. The Balaban J connectivity index is 2.89. The molecule has 0 spiro atoms. The van der Waals surface area contributed by atoms with Crippen molar-refractivity contribution in [2.75, 3.05) is 28.4 Å². The predicted molar refractivity (Wildman–Crippen MR) is 97.1 cm³/mol. The van der Waals surface area contributed by atoms with Crippen LogP contribution < -0.4 is 9.47 Å². The molecule has 2 unspecified atom stereocenters. The lowest BCUT2D eigenvalue weighted by molar-refractivity contribution is -0.288. The van der Waals surface area contributed by atoms with E-state index in [-0.39, 0.29) is 0 Å². The molecule has 2 rings (SSSR count). The fraction of sp³-hybridized carbons (Fsp3) is 0.700. The molecule has 1 aliphatic carbocycles. The molecule has 25 heavy (non-hydrogen) atoms. The third kappa shape index (κ3) is 2.92. The third-order valence-electron chi connectivity index (χ3n) is 5.63. The van der Waals surface area contributed by atoms with Crippen molar-refractivity contribution in [3.8, 4) is 11.5 Å². The first-order chi connectivity index (χ1) is 11.8. The smallest absolute Gasteiger partial charge is 0.201 e. The monoisotopic (exact) mass is 352 g/mol. The van der Waals surface area contributed by atoms with Crippen LogP contribution in [0, 0.1) is 5.41 Å². The lowest BCUT2D eigenvalue weighted by Gasteiger charge is -2.53. The quantitative estimate of drug-likeness (QED) is 0.753. The average molecular weight is 352 g/mol. The van der Waals surface area contributed by atoms with Gasteiger partial charge in [-0.15, -0.1) is 0 Å². The maximum absolute atomic E-state index is 11.5. The van der Waals surface area contributed by atoms with Crippen molar-refractivity contribution in [1.29, 1.82) is 0 Å². The largest absolute Gasteiger partial charge is 0.496 e. The van der Waals surface area contributed by atoms with Gasteiger partial charge in [-0.1, -0.05) is 33.6 Å². The van der Waals surface area contributed by atoms with Crippen LogP contribution in [0.1, 0.15) is 57.6 Å². The highest BCUT2D eigenvalue weighted by Gasteiger charge is 2.59. The number of benzene rings is 1. The predicted octanol–water partition coefficient (Wildman–Crippen LogP) is 3.96. The Kier molecular flexibility index (Phi) is 5.71. The number of unbranched alkanes of at least 4 members (excludes halogenated alkanes) is 1. The molecule has 1 N–H and O–H groups in total. The van der Waals surface area contributed by atoms with Gasteiger partial charge in [0.25, 0.3) is 0 Å². The first-order valence-electron chi connectivity index (χ1n) is 8.85. The molecule has 1 aromatic carbocycles. The minimum Gasteiger partial charge on any atom is -0.496 e. The Bertz CT molecular complexity index is 612. The van der Waals surface area contributed by atoms with Crippen molar-refractivity contribution >= 4 is 0 Å².